The largest absolute Gasteiger partial charge is 0.450 e. The highest BCUT2D eigenvalue weighted by atomic mass is 19.2. The summed E-state index contributed by atoms with van der Waals surface area (Å²) >= 11 is 0. The van der Waals surface area contributed by atoms with E-state index in [1.807, 2.05) is 12.1 Å². The Balaban J connectivity index is 1.42. The maximum absolute atomic E-state index is 14.9. The van der Waals surface area contributed by atoms with Crippen molar-refractivity contribution in [1.29, 1.82) is 0 Å². The summed E-state index contributed by atoms with van der Waals surface area (Å²) in [5.74, 6) is 3.68. The van der Waals surface area contributed by atoms with Gasteiger partial charge in [0.2, 0.25) is 0 Å². The second-order valence-corrected chi connectivity index (χ2v) is 9.70. The van der Waals surface area contributed by atoms with Crippen molar-refractivity contribution >= 4 is 0 Å². The highest BCUT2D eigenvalue weighted by molar-refractivity contribution is 5.29. The van der Waals surface area contributed by atoms with E-state index < -0.39 is 11.6 Å². The lowest BCUT2D eigenvalue weighted by atomic mass is 9.70. The smallest absolute Gasteiger partial charge is 0.162 e. The van der Waals surface area contributed by atoms with Gasteiger partial charge in [-0.05, 0) is 73.8 Å². The number of hydrogen-bond donors (Lipinski definition) is 0. The number of ether oxygens (including phenoxy) is 1. The normalized spacial score (nSPS) is 22.0. The van der Waals surface area contributed by atoms with Gasteiger partial charge in [-0.1, -0.05) is 69.4 Å². The number of unbranched alkanes of at least 4 members (excludes halogenated alkanes) is 5. The zero-order valence-corrected chi connectivity index (χ0v) is 19.4. The Morgan fingerprint density at radius 3 is 2.23 bits per heavy atom. The molecule has 2 aliphatic carbocycles. The second kappa shape index (κ2) is 13.1. The third kappa shape index (κ3) is 7.23. The first-order chi connectivity index (χ1) is 15.2. The zero-order chi connectivity index (χ0) is 21.9. The molecule has 2 saturated carbocycles. The van der Waals surface area contributed by atoms with Gasteiger partial charge in [-0.3, -0.25) is 0 Å². The Morgan fingerprint density at radius 1 is 0.806 bits per heavy atom. The van der Waals surface area contributed by atoms with Crippen molar-refractivity contribution in [1.82, 2.24) is 0 Å². The Labute approximate surface area is 188 Å². The van der Waals surface area contributed by atoms with Gasteiger partial charge in [0.15, 0.2) is 11.6 Å². The van der Waals surface area contributed by atoms with Crippen molar-refractivity contribution in [3.8, 4) is 12.0 Å². The predicted octanol–water partition coefficient (Wildman–Crippen LogP) is 8.31. The summed E-state index contributed by atoms with van der Waals surface area (Å²) in [5, 5.41) is 0. The molecule has 2 fully saturated rings. The van der Waals surface area contributed by atoms with Crippen molar-refractivity contribution in [2.45, 2.75) is 109 Å². The number of halogens is 2. The molecule has 1 nitrogen and oxygen atoms in total. The zero-order valence-electron chi connectivity index (χ0n) is 19.4. The predicted molar refractivity (Wildman–Crippen MR) is 124 cm³/mol. The van der Waals surface area contributed by atoms with Crippen LogP contribution in [0, 0.1) is 35.5 Å². The minimum absolute atomic E-state index is 0.199. The molecule has 1 aromatic carbocycles. The van der Waals surface area contributed by atoms with E-state index in [0.29, 0.717) is 17.5 Å². The first-order valence-electron chi connectivity index (χ1n) is 12.7. The van der Waals surface area contributed by atoms with Crippen molar-refractivity contribution < 1.29 is 13.5 Å². The Hall–Kier alpha value is -1.56. The van der Waals surface area contributed by atoms with E-state index in [0.717, 1.165) is 63.2 Å². The molecule has 0 N–H and O–H groups in total. The molecule has 0 aromatic heterocycles. The van der Waals surface area contributed by atoms with Crippen LogP contribution in [0.3, 0.4) is 0 Å². The molecule has 0 amide bonds. The second-order valence-electron chi connectivity index (χ2n) is 9.70. The van der Waals surface area contributed by atoms with Crippen molar-refractivity contribution in [3.63, 3.8) is 0 Å². The first kappa shape index (κ1) is 24.1. The summed E-state index contributed by atoms with van der Waals surface area (Å²) in [6.07, 6.45) is 20.7. The summed E-state index contributed by atoms with van der Waals surface area (Å²) in [6, 6.07) is 3.73. The van der Waals surface area contributed by atoms with Gasteiger partial charge < -0.3 is 4.74 Å². The van der Waals surface area contributed by atoms with Gasteiger partial charge in [0, 0.05) is 6.42 Å². The lowest BCUT2D eigenvalue weighted by Gasteiger charge is -2.36. The fourth-order valence-electron chi connectivity index (χ4n) is 5.80. The van der Waals surface area contributed by atoms with Crippen LogP contribution in [0.5, 0.6) is 0 Å². The topological polar surface area (TPSA) is 9.23 Å². The Bertz CT molecular complexity index is 719. The van der Waals surface area contributed by atoms with Crippen molar-refractivity contribution in [2.24, 2.45) is 11.8 Å². The Morgan fingerprint density at radius 2 is 1.48 bits per heavy atom. The van der Waals surface area contributed by atoms with Gasteiger partial charge in [0.25, 0.3) is 0 Å². The SMILES string of the molecule is COC#CCCCCCCCc1ccc(C2CCC(C3CCCCC3)CC2)c(F)c1F. The van der Waals surface area contributed by atoms with Crippen LogP contribution < -0.4 is 0 Å². The molecule has 0 heterocycles. The van der Waals surface area contributed by atoms with E-state index >= 15 is 0 Å². The fourth-order valence-corrected chi connectivity index (χ4v) is 5.80. The molecule has 1 aromatic rings. The standard InChI is InChI=1S/C28H40F2O/c1-31-21-11-6-4-2-3-5-8-14-25-19-20-26(28(30)27(25)29)24-17-15-23(16-18-24)22-12-9-7-10-13-22/h19-20,22-24H,2-10,12-18H2,1H3. The number of hydrogen-bond acceptors (Lipinski definition) is 1. The third-order valence-corrected chi connectivity index (χ3v) is 7.64. The summed E-state index contributed by atoms with van der Waals surface area (Å²) in [5.41, 5.74) is 1.17. The van der Waals surface area contributed by atoms with Crippen molar-refractivity contribution in [2.75, 3.05) is 7.11 Å². The maximum Gasteiger partial charge on any atom is 0.162 e. The highest BCUT2D eigenvalue weighted by Crippen LogP contribution is 2.43. The van der Waals surface area contributed by atoms with Gasteiger partial charge in [-0.2, -0.15) is 0 Å². The van der Waals surface area contributed by atoms with E-state index in [2.05, 4.69) is 12.0 Å². The van der Waals surface area contributed by atoms with Crippen LogP contribution in [0.2, 0.25) is 0 Å². The summed E-state index contributed by atoms with van der Waals surface area (Å²) in [7, 11) is 1.57. The van der Waals surface area contributed by atoms with Gasteiger partial charge in [0.1, 0.15) is 6.11 Å². The van der Waals surface area contributed by atoms with E-state index in [9.17, 15) is 8.78 Å². The van der Waals surface area contributed by atoms with Crippen LogP contribution in [0.1, 0.15) is 113 Å². The molecule has 0 saturated heterocycles. The molecule has 31 heavy (non-hydrogen) atoms. The van der Waals surface area contributed by atoms with Gasteiger partial charge in [-0.15, -0.1) is 0 Å². The maximum atomic E-state index is 14.9. The van der Waals surface area contributed by atoms with Crippen LogP contribution in [0.4, 0.5) is 8.78 Å². The minimum Gasteiger partial charge on any atom is -0.450 e. The average molecular weight is 431 g/mol. The Kier molecular flexibility index (Phi) is 10.2. The molecule has 0 unspecified atom stereocenters. The molecular formula is C28H40F2O. The van der Waals surface area contributed by atoms with Gasteiger partial charge >= 0.3 is 0 Å². The third-order valence-electron chi connectivity index (χ3n) is 7.64. The minimum atomic E-state index is -0.596. The summed E-state index contributed by atoms with van der Waals surface area (Å²) in [4.78, 5) is 0. The van der Waals surface area contributed by atoms with E-state index in [4.69, 9.17) is 4.74 Å². The molecule has 0 bridgehead atoms. The quantitative estimate of drug-likeness (QED) is 0.283. The molecule has 172 valence electrons. The van der Waals surface area contributed by atoms with Gasteiger partial charge in [0.05, 0.1) is 7.11 Å². The molecule has 0 aliphatic heterocycles. The van der Waals surface area contributed by atoms with Crippen LogP contribution in [-0.4, -0.2) is 7.11 Å². The van der Waals surface area contributed by atoms with Crippen molar-refractivity contribution in [3.05, 3.63) is 34.9 Å². The molecular weight excluding hydrogens is 390 g/mol. The van der Waals surface area contributed by atoms with Crippen LogP contribution in [-0.2, 0) is 11.2 Å². The highest BCUT2D eigenvalue weighted by Gasteiger charge is 2.30. The van der Waals surface area contributed by atoms with E-state index in [1.54, 1.807) is 7.11 Å². The van der Waals surface area contributed by atoms with E-state index in [1.165, 1.54) is 44.9 Å². The number of aryl methyl sites for hydroxylation is 1. The lowest BCUT2D eigenvalue weighted by Crippen LogP contribution is -2.23. The average Bonchev–Trinajstić information content (AvgIpc) is 2.81. The number of benzene rings is 1. The molecule has 0 atom stereocenters. The summed E-state index contributed by atoms with van der Waals surface area (Å²) < 4.78 is 34.3. The summed E-state index contributed by atoms with van der Waals surface area (Å²) in [6.45, 7) is 0. The molecule has 0 spiro atoms. The van der Waals surface area contributed by atoms with Crippen LogP contribution >= 0.6 is 0 Å². The molecule has 3 rings (SSSR count). The van der Waals surface area contributed by atoms with Crippen LogP contribution in [0.25, 0.3) is 0 Å². The molecule has 0 radical (unpaired) electrons. The number of rotatable bonds is 9. The monoisotopic (exact) mass is 430 g/mol. The number of methoxy groups -OCH3 is 1. The van der Waals surface area contributed by atoms with E-state index in [-0.39, 0.29) is 5.92 Å². The van der Waals surface area contributed by atoms with Gasteiger partial charge in [-0.25, -0.2) is 8.78 Å². The lowest BCUT2D eigenvalue weighted by molar-refractivity contribution is 0.185. The first-order valence-corrected chi connectivity index (χ1v) is 12.7. The molecule has 2 aliphatic rings. The van der Waals surface area contributed by atoms with Crippen LogP contribution in [0.15, 0.2) is 12.1 Å². The molecule has 3 heteroatoms. The fraction of sp³-hybridized carbons (Fsp3) is 0.714.